The fourth-order valence-electron chi connectivity index (χ4n) is 5.25. The molecule has 10 heteroatoms. The predicted octanol–water partition coefficient (Wildman–Crippen LogP) is 6.79. The fraction of sp³-hybridized carbons (Fsp3) is 0.355. The molecule has 0 spiro atoms. The highest BCUT2D eigenvalue weighted by Crippen LogP contribution is 2.32. The number of rotatable bonds is 11. The molecule has 2 atom stereocenters. The summed E-state index contributed by atoms with van der Waals surface area (Å²) >= 11 is 0. The molecule has 1 heterocycles. The van der Waals surface area contributed by atoms with E-state index in [4.69, 9.17) is 0 Å². The number of carbonyl (C=O) groups excluding carboxylic acids is 2. The van der Waals surface area contributed by atoms with Crippen LogP contribution in [0.15, 0.2) is 66.7 Å². The van der Waals surface area contributed by atoms with Crippen molar-refractivity contribution in [2.45, 2.75) is 50.2 Å². The summed E-state index contributed by atoms with van der Waals surface area (Å²) in [5.41, 5.74) is -0.105. The first-order chi connectivity index (χ1) is 19.5. The second kappa shape index (κ2) is 13.3. The van der Waals surface area contributed by atoms with Gasteiger partial charge in [-0.25, -0.2) is 13.2 Å². The van der Waals surface area contributed by atoms with Crippen molar-refractivity contribution < 1.29 is 35.9 Å². The van der Waals surface area contributed by atoms with Crippen molar-refractivity contribution in [1.82, 2.24) is 10.6 Å². The highest BCUT2D eigenvalue weighted by atomic mass is 19.4. The molecular weight excluding hydrogens is 546 g/mol. The molecule has 4 rings (SSSR count). The van der Waals surface area contributed by atoms with Gasteiger partial charge >= 0.3 is 6.18 Å². The number of amides is 1. The van der Waals surface area contributed by atoms with Crippen LogP contribution in [0.5, 0.6) is 0 Å². The third-order valence-corrected chi connectivity index (χ3v) is 7.40. The monoisotopic (exact) mass is 576 g/mol. The Morgan fingerprint density at radius 2 is 1.46 bits per heavy atom. The molecule has 3 aromatic rings. The van der Waals surface area contributed by atoms with Crippen LogP contribution in [-0.4, -0.2) is 30.8 Å². The van der Waals surface area contributed by atoms with E-state index < -0.39 is 35.1 Å². The van der Waals surface area contributed by atoms with Crippen molar-refractivity contribution in [3.63, 3.8) is 0 Å². The van der Waals surface area contributed by atoms with E-state index in [-0.39, 0.29) is 35.7 Å². The smallest absolute Gasteiger partial charge is 0.342 e. The van der Waals surface area contributed by atoms with E-state index in [2.05, 4.69) is 10.6 Å². The fourth-order valence-corrected chi connectivity index (χ4v) is 5.25. The summed E-state index contributed by atoms with van der Waals surface area (Å²) in [6, 6.07) is 12.8. The van der Waals surface area contributed by atoms with Gasteiger partial charge in [0.15, 0.2) is 5.78 Å². The third kappa shape index (κ3) is 8.19. The molecule has 3 aromatic carbocycles. The van der Waals surface area contributed by atoms with E-state index in [1.807, 2.05) is 0 Å². The predicted molar refractivity (Wildman–Crippen MR) is 142 cm³/mol. The molecule has 4 nitrogen and oxygen atoms in total. The van der Waals surface area contributed by atoms with Gasteiger partial charge in [-0.2, -0.15) is 13.2 Å². The number of alkyl halides is 3. The van der Waals surface area contributed by atoms with Crippen molar-refractivity contribution in [2.75, 3.05) is 13.1 Å². The quantitative estimate of drug-likeness (QED) is 0.195. The topological polar surface area (TPSA) is 58.2 Å². The second-order valence-corrected chi connectivity index (χ2v) is 10.3. The maximum absolute atomic E-state index is 13.9. The third-order valence-electron chi connectivity index (χ3n) is 7.40. The Kier molecular flexibility index (Phi) is 9.86. The molecule has 0 aliphatic carbocycles. The lowest BCUT2D eigenvalue weighted by atomic mass is 9.86. The molecule has 0 aromatic heterocycles. The van der Waals surface area contributed by atoms with Gasteiger partial charge in [-0.3, -0.25) is 9.59 Å². The Bertz CT molecular complexity index is 1290. The van der Waals surface area contributed by atoms with E-state index in [1.165, 1.54) is 24.3 Å². The molecule has 1 aliphatic rings. The van der Waals surface area contributed by atoms with Crippen LogP contribution in [0.4, 0.5) is 26.3 Å². The number of hydrogen-bond donors (Lipinski definition) is 2. The highest BCUT2D eigenvalue weighted by molar-refractivity contribution is 5.98. The Balaban J connectivity index is 1.42. The van der Waals surface area contributed by atoms with Gasteiger partial charge in [0.05, 0.1) is 11.6 Å². The number of hydrogen-bond acceptors (Lipinski definition) is 3. The minimum atomic E-state index is -4.83. The Morgan fingerprint density at radius 1 is 0.854 bits per heavy atom. The molecular formula is C31H30F6N2O2. The lowest BCUT2D eigenvalue weighted by Crippen LogP contribution is -2.46. The molecule has 2 unspecified atom stereocenters. The first-order valence-electron chi connectivity index (χ1n) is 13.4. The summed E-state index contributed by atoms with van der Waals surface area (Å²) in [6.07, 6.45) is -2.49. The first-order valence-corrected chi connectivity index (χ1v) is 13.4. The highest BCUT2D eigenvalue weighted by Gasteiger charge is 2.34. The molecule has 1 amide bonds. The zero-order chi connectivity index (χ0) is 29.6. The van der Waals surface area contributed by atoms with Gasteiger partial charge in [-0.15, -0.1) is 0 Å². The number of unbranched alkanes of at least 4 members (excludes halogenated alkanes) is 1. The van der Waals surface area contributed by atoms with Crippen molar-refractivity contribution in [2.24, 2.45) is 5.92 Å². The maximum atomic E-state index is 13.9. The van der Waals surface area contributed by atoms with Gasteiger partial charge in [0.25, 0.3) is 5.91 Å². The number of benzene rings is 3. The van der Waals surface area contributed by atoms with Crippen LogP contribution < -0.4 is 10.6 Å². The van der Waals surface area contributed by atoms with Gasteiger partial charge < -0.3 is 10.6 Å². The lowest BCUT2D eigenvalue weighted by Gasteiger charge is -2.24. The molecule has 1 fully saturated rings. The van der Waals surface area contributed by atoms with Crippen molar-refractivity contribution in [3.05, 3.63) is 106 Å². The summed E-state index contributed by atoms with van der Waals surface area (Å²) in [5, 5.41) is 5.68. The summed E-state index contributed by atoms with van der Waals surface area (Å²) in [7, 11) is 0. The van der Waals surface area contributed by atoms with Crippen LogP contribution in [-0.2, 0) is 11.0 Å². The van der Waals surface area contributed by atoms with Crippen LogP contribution >= 0.6 is 0 Å². The molecule has 218 valence electrons. The molecule has 0 bridgehead atoms. The average Bonchev–Trinajstić information content (AvgIpc) is 3.47. The molecule has 1 saturated heterocycles. The van der Waals surface area contributed by atoms with E-state index in [1.54, 1.807) is 24.3 Å². The first kappa shape index (κ1) is 30.3. The van der Waals surface area contributed by atoms with E-state index in [0.717, 1.165) is 11.1 Å². The van der Waals surface area contributed by atoms with Crippen molar-refractivity contribution >= 4 is 11.7 Å². The van der Waals surface area contributed by atoms with Gasteiger partial charge in [0.1, 0.15) is 17.5 Å². The molecule has 0 radical (unpaired) electrons. The Morgan fingerprint density at radius 3 is 2.00 bits per heavy atom. The Labute approximate surface area is 234 Å². The number of halogens is 6. The zero-order valence-corrected chi connectivity index (χ0v) is 22.1. The van der Waals surface area contributed by atoms with Gasteiger partial charge in [0.2, 0.25) is 0 Å². The number of carbonyl (C=O) groups is 2. The van der Waals surface area contributed by atoms with E-state index in [9.17, 15) is 35.9 Å². The second-order valence-electron chi connectivity index (χ2n) is 10.3. The number of nitrogens with one attached hydrogen (secondary N) is 2. The van der Waals surface area contributed by atoms with Crippen LogP contribution in [0.2, 0.25) is 0 Å². The van der Waals surface area contributed by atoms with Gasteiger partial charge in [-0.05, 0) is 85.3 Å². The molecule has 0 saturated carbocycles. The normalized spacial score (nSPS) is 16.1. The minimum Gasteiger partial charge on any atom is -0.342 e. The Hall–Kier alpha value is -3.66. The van der Waals surface area contributed by atoms with Crippen molar-refractivity contribution in [3.8, 4) is 0 Å². The lowest BCUT2D eigenvalue weighted by molar-refractivity contribution is -0.137. The van der Waals surface area contributed by atoms with E-state index in [0.29, 0.717) is 57.0 Å². The number of Topliss-reactive ketones (excluding diaryl/α,β-unsaturated/α-hetero) is 1. The SMILES string of the molecule is O=C(NC(C(=O)CCCCC(c1ccc(F)cc1)c1ccc(F)cc1)C1CCNC1)c1cc(F)cc(C(F)(F)F)c1. The van der Waals surface area contributed by atoms with Gasteiger partial charge in [0, 0.05) is 24.4 Å². The van der Waals surface area contributed by atoms with Crippen LogP contribution in [0.25, 0.3) is 0 Å². The largest absolute Gasteiger partial charge is 0.416 e. The maximum Gasteiger partial charge on any atom is 0.416 e. The van der Waals surface area contributed by atoms with E-state index >= 15 is 0 Å². The van der Waals surface area contributed by atoms with Crippen LogP contribution in [0, 0.1) is 23.4 Å². The summed E-state index contributed by atoms with van der Waals surface area (Å²) in [5.74, 6) is -3.58. The molecule has 41 heavy (non-hydrogen) atoms. The number of ketones is 1. The summed E-state index contributed by atoms with van der Waals surface area (Å²) in [4.78, 5) is 26.1. The van der Waals surface area contributed by atoms with Crippen LogP contribution in [0.1, 0.15) is 65.1 Å². The molecule has 2 N–H and O–H groups in total. The standard InChI is InChI=1S/C31H30F6N2O2/c32-24-9-5-19(6-10-24)27(20-7-11-25(33)12-8-20)3-1-2-4-28(40)29(21-13-14-38-18-21)39-30(41)22-15-23(31(35,36)37)17-26(34)16-22/h5-12,15-17,21,27,29,38H,1-4,13-14,18H2,(H,39,41). The summed E-state index contributed by atoms with van der Waals surface area (Å²) < 4.78 is 80.3. The van der Waals surface area contributed by atoms with Crippen molar-refractivity contribution in [1.29, 1.82) is 0 Å². The van der Waals surface area contributed by atoms with Gasteiger partial charge in [-0.1, -0.05) is 30.7 Å². The average molecular weight is 577 g/mol. The molecule has 1 aliphatic heterocycles. The summed E-state index contributed by atoms with van der Waals surface area (Å²) in [6.45, 7) is 1.07. The van der Waals surface area contributed by atoms with Crippen LogP contribution in [0.3, 0.4) is 0 Å². The zero-order valence-electron chi connectivity index (χ0n) is 22.1. The minimum absolute atomic E-state index is 0.109.